The van der Waals surface area contributed by atoms with E-state index in [0.29, 0.717) is 30.3 Å². The quantitative estimate of drug-likeness (QED) is 0.591. The second-order valence-corrected chi connectivity index (χ2v) is 9.26. The summed E-state index contributed by atoms with van der Waals surface area (Å²) in [5.74, 6) is 0.0189. The van der Waals surface area contributed by atoms with Gasteiger partial charge in [0.05, 0.1) is 9.82 Å². The summed E-state index contributed by atoms with van der Waals surface area (Å²) in [7, 11) is -3.56. The Labute approximate surface area is 169 Å². The zero-order chi connectivity index (χ0) is 21.2. The van der Waals surface area contributed by atoms with Gasteiger partial charge in [0, 0.05) is 36.0 Å². The van der Waals surface area contributed by atoms with Crippen molar-refractivity contribution in [3.63, 3.8) is 0 Å². The highest BCUT2D eigenvalue weighted by Crippen LogP contribution is 2.25. The van der Waals surface area contributed by atoms with E-state index in [0.717, 1.165) is 12.8 Å². The number of rotatable bonds is 5. The summed E-state index contributed by atoms with van der Waals surface area (Å²) >= 11 is 0. The second kappa shape index (κ2) is 8.30. The number of benzene rings is 2. The van der Waals surface area contributed by atoms with E-state index in [-0.39, 0.29) is 16.1 Å². The van der Waals surface area contributed by atoms with Crippen molar-refractivity contribution in [2.75, 3.05) is 18.4 Å². The van der Waals surface area contributed by atoms with E-state index in [4.69, 9.17) is 0 Å². The lowest BCUT2D eigenvalue weighted by atomic mass is 10.0. The number of nitrogens with zero attached hydrogens (tertiary/aromatic N) is 2. The Balaban J connectivity index is 1.73. The predicted molar refractivity (Wildman–Crippen MR) is 109 cm³/mol. The Morgan fingerprint density at radius 2 is 1.76 bits per heavy atom. The average Bonchev–Trinajstić information content (AvgIpc) is 2.69. The summed E-state index contributed by atoms with van der Waals surface area (Å²) in [5, 5.41) is 13.7. The number of hydrogen-bond acceptors (Lipinski definition) is 5. The molecule has 3 rings (SSSR count). The number of carbonyl (C=O) groups excluding carboxylic acids is 1. The van der Waals surface area contributed by atoms with Crippen LogP contribution in [0, 0.1) is 23.0 Å². The molecule has 1 aliphatic heterocycles. The number of amides is 1. The standard InChI is InChI=1S/C20H23N3O5S/c1-14-9-11-22(12-10-14)29(27,28)18-7-5-17(6-8-18)21-20(24)16-4-3-15(2)19(13-16)23(25)26/h3-8,13-14H,9-12H2,1-2H3,(H,21,24). The Morgan fingerprint density at radius 3 is 2.34 bits per heavy atom. The Morgan fingerprint density at radius 1 is 1.14 bits per heavy atom. The van der Waals surface area contributed by atoms with Crippen LogP contribution in [0.1, 0.15) is 35.7 Å². The summed E-state index contributed by atoms with van der Waals surface area (Å²) in [6, 6.07) is 10.2. The molecular weight excluding hydrogens is 394 g/mol. The van der Waals surface area contributed by atoms with Crippen LogP contribution in [-0.4, -0.2) is 36.6 Å². The maximum atomic E-state index is 12.8. The first-order valence-electron chi connectivity index (χ1n) is 9.35. The number of nitro groups is 1. The van der Waals surface area contributed by atoms with E-state index in [1.165, 1.54) is 46.8 Å². The molecule has 0 spiro atoms. The first kappa shape index (κ1) is 20.9. The van der Waals surface area contributed by atoms with E-state index >= 15 is 0 Å². The molecule has 0 radical (unpaired) electrons. The fourth-order valence-electron chi connectivity index (χ4n) is 3.24. The predicted octanol–water partition coefficient (Wildman–Crippen LogP) is 3.58. The number of aryl methyl sites for hydroxylation is 1. The lowest BCUT2D eigenvalue weighted by molar-refractivity contribution is -0.385. The van der Waals surface area contributed by atoms with Crippen molar-refractivity contribution in [2.24, 2.45) is 5.92 Å². The molecule has 9 heteroatoms. The first-order chi connectivity index (χ1) is 13.7. The van der Waals surface area contributed by atoms with Crippen molar-refractivity contribution in [1.82, 2.24) is 4.31 Å². The van der Waals surface area contributed by atoms with Gasteiger partial charge in [-0.05, 0) is 56.0 Å². The SMILES string of the molecule is Cc1ccc(C(=O)Nc2ccc(S(=O)(=O)N3CCC(C)CC3)cc2)cc1[N+](=O)[O-]. The van der Waals surface area contributed by atoms with Gasteiger partial charge in [0.2, 0.25) is 10.0 Å². The van der Waals surface area contributed by atoms with Gasteiger partial charge in [-0.2, -0.15) is 4.31 Å². The zero-order valence-corrected chi connectivity index (χ0v) is 17.1. The fraction of sp³-hybridized carbons (Fsp3) is 0.350. The summed E-state index contributed by atoms with van der Waals surface area (Å²) < 4.78 is 27.0. The van der Waals surface area contributed by atoms with Crippen molar-refractivity contribution in [3.8, 4) is 0 Å². The summed E-state index contributed by atoms with van der Waals surface area (Å²) in [4.78, 5) is 23.1. The molecule has 8 nitrogen and oxygen atoms in total. The van der Waals surface area contributed by atoms with Crippen LogP contribution in [-0.2, 0) is 10.0 Å². The van der Waals surface area contributed by atoms with Gasteiger partial charge in [0.25, 0.3) is 11.6 Å². The van der Waals surface area contributed by atoms with E-state index in [1.54, 1.807) is 6.92 Å². The molecule has 0 aliphatic carbocycles. The van der Waals surface area contributed by atoms with E-state index < -0.39 is 20.9 Å². The molecule has 1 heterocycles. The lowest BCUT2D eigenvalue weighted by Gasteiger charge is -2.29. The van der Waals surface area contributed by atoms with Gasteiger partial charge in [-0.25, -0.2) is 8.42 Å². The molecule has 0 atom stereocenters. The molecule has 0 unspecified atom stereocenters. The van der Waals surface area contributed by atoms with Crippen LogP contribution in [0.4, 0.5) is 11.4 Å². The minimum Gasteiger partial charge on any atom is -0.322 e. The average molecular weight is 417 g/mol. The molecule has 154 valence electrons. The monoisotopic (exact) mass is 417 g/mol. The maximum absolute atomic E-state index is 12.8. The maximum Gasteiger partial charge on any atom is 0.273 e. The molecule has 1 amide bonds. The van der Waals surface area contributed by atoms with Crippen LogP contribution >= 0.6 is 0 Å². The molecule has 1 fully saturated rings. The molecular formula is C20H23N3O5S. The van der Waals surface area contributed by atoms with Crippen LogP contribution in [0.25, 0.3) is 0 Å². The normalized spacial score (nSPS) is 15.8. The topological polar surface area (TPSA) is 110 Å². The number of carbonyl (C=O) groups is 1. The van der Waals surface area contributed by atoms with Gasteiger partial charge in [-0.1, -0.05) is 13.0 Å². The molecule has 2 aromatic rings. The lowest BCUT2D eigenvalue weighted by Crippen LogP contribution is -2.37. The molecule has 1 aliphatic rings. The Hall–Kier alpha value is -2.78. The van der Waals surface area contributed by atoms with Gasteiger partial charge in [0.15, 0.2) is 0 Å². The molecule has 0 bridgehead atoms. The minimum atomic E-state index is -3.56. The molecule has 29 heavy (non-hydrogen) atoms. The smallest absolute Gasteiger partial charge is 0.273 e. The van der Waals surface area contributed by atoms with Gasteiger partial charge in [-0.3, -0.25) is 14.9 Å². The van der Waals surface area contributed by atoms with Crippen LogP contribution < -0.4 is 5.32 Å². The molecule has 0 saturated carbocycles. The molecule has 1 saturated heterocycles. The number of anilines is 1. The van der Waals surface area contributed by atoms with Gasteiger partial charge in [0.1, 0.15) is 0 Å². The highest BCUT2D eigenvalue weighted by Gasteiger charge is 2.28. The number of nitrogens with one attached hydrogen (secondary N) is 1. The third kappa shape index (κ3) is 4.63. The second-order valence-electron chi connectivity index (χ2n) is 7.32. The highest BCUT2D eigenvalue weighted by atomic mass is 32.2. The number of nitro benzene ring substituents is 1. The van der Waals surface area contributed by atoms with Gasteiger partial charge in [-0.15, -0.1) is 0 Å². The van der Waals surface area contributed by atoms with Crippen molar-refractivity contribution in [2.45, 2.75) is 31.6 Å². The van der Waals surface area contributed by atoms with Gasteiger partial charge >= 0.3 is 0 Å². The van der Waals surface area contributed by atoms with Gasteiger partial charge < -0.3 is 5.32 Å². The Kier molecular flexibility index (Phi) is 5.99. The summed E-state index contributed by atoms with van der Waals surface area (Å²) in [5.41, 5.74) is 0.897. The zero-order valence-electron chi connectivity index (χ0n) is 16.3. The fourth-order valence-corrected chi connectivity index (χ4v) is 4.70. The largest absolute Gasteiger partial charge is 0.322 e. The van der Waals surface area contributed by atoms with E-state index in [2.05, 4.69) is 12.2 Å². The van der Waals surface area contributed by atoms with Crippen molar-refractivity contribution in [1.29, 1.82) is 0 Å². The minimum absolute atomic E-state index is 0.130. The van der Waals surface area contributed by atoms with Crippen LogP contribution in [0.5, 0.6) is 0 Å². The van der Waals surface area contributed by atoms with E-state index in [9.17, 15) is 23.3 Å². The summed E-state index contributed by atoms with van der Waals surface area (Å²) in [6.45, 7) is 4.73. The third-order valence-corrected chi connectivity index (χ3v) is 7.07. The number of hydrogen-bond donors (Lipinski definition) is 1. The molecule has 0 aromatic heterocycles. The number of piperidine rings is 1. The molecule has 1 N–H and O–H groups in total. The third-order valence-electron chi connectivity index (χ3n) is 5.16. The van der Waals surface area contributed by atoms with Crippen LogP contribution in [0.3, 0.4) is 0 Å². The number of sulfonamides is 1. The van der Waals surface area contributed by atoms with E-state index in [1.807, 2.05) is 0 Å². The van der Waals surface area contributed by atoms with Crippen LogP contribution in [0.2, 0.25) is 0 Å². The van der Waals surface area contributed by atoms with Crippen molar-refractivity contribution < 1.29 is 18.1 Å². The van der Waals surface area contributed by atoms with Crippen LogP contribution in [0.15, 0.2) is 47.4 Å². The summed E-state index contributed by atoms with van der Waals surface area (Å²) in [6.07, 6.45) is 1.69. The molecule has 2 aromatic carbocycles. The Bertz CT molecular complexity index is 1030. The first-order valence-corrected chi connectivity index (χ1v) is 10.8. The highest BCUT2D eigenvalue weighted by molar-refractivity contribution is 7.89. The van der Waals surface area contributed by atoms with Crippen molar-refractivity contribution >= 4 is 27.3 Å². The van der Waals surface area contributed by atoms with Crippen molar-refractivity contribution in [3.05, 3.63) is 63.7 Å².